The molecule has 1 saturated heterocycles. The number of methoxy groups -OCH3 is 1. The molecule has 17 heavy (non-hydrogen) atoms. The number of likely N-dealkylation sites (tertiary alicyclic amines) is 1. The average Bonchev–Trinajstić information content (AvgIpc) is 2.86. The molecule has 1 aliphatic heterocycles. The van der Waals surface area contributed by atoms with Crippen LogP contribution in [-0.4, -0.2) is 30.5 Å². The van der Waals surface area contributed by atoms with Gasteiger partial charge in [-0.3, -0.25) is 4.79 Å². The maximum atomic E-state index is 12.1. The Hall–Kier alpha value is -2.02. The number of hydrogen-bond acceptors (Lipinski definition) is 3. The molecule has 1 unspecified atom stereocenters. The van der Waals surface area contributed by atoms with Gasteiger partial charge in [-0.15, -0.1) is 0 Å². The molecule has 0 bridgehead atoms. The highest BCUT2D eigenvalue weighted by molar-refractivity contribution is 5.94. The molecule has 0 N–H and O–H groups in total. The first kappa shape index (κ1) is 11.5. The summed E-state index contributed by atoms with van der Waals surface area (Å²) in [6, 6.07) is 8.86. The van der Waals surface area contributed by atoms with E-state index in [-0.39, 0.29) is 11.9 Å². The summed E-state index contributed by atoms with van der Waals surface area (Å²) in [6.45, 7) is 0.670. The van der Waals surface area contributed by atoms with E-state index in [1.165, 1.54) is 0 Å². The molecule has 0 radical (unpaired) electrons. The van der Waals surface area contributed by atoms with Crippen molar-refractivity contribution < 1.29 is 9.53 Å². The summed E-state index contributed by atoms with van der Waals surface area (Å²) in [5, 5.41) is 8.95. The largest absolute Gasteiger partial charge is 0.497 e. The number of ether oxygens (including phenoxy) is 1. The van der Waals surface area contributed by atoms with Crippen LogP contribution in [0.25, 0.3) is 0 Å². The maximum Gasteiger partial charge on any atom is 0.254 e. The first-order valence-corrected chi connectivity index (χ1v) is 5.61. The van der Waals surface area contributed by atoms with Crippen molar-refractivity contribution in [2.45, 2.75) is 18.9 Å². The Morgan fingerprint density at radius 3 is 2.76 bits per heavy atom. The first-order valence-electron chi connectivity index (χ1n) is 5.61. The molecule has 4 nitrogen and oxygen atoms in total. The van der Waals surface area contributed by atoms with Crippen molar-refractivity contribution in [1.82, 2.24) is 4.90 Å². The fourth-order valence-electron chi connectivity index (χ4n) is 2.04. The summed E-state index contributed by atoms with van der Waals surface area (Å²) in [4.78, 5) is 13.8. The topological polar surface area (TPSA) is 53.3 Å². The number of carbonyl (C=O) groups excluding carboxylic acids is 1. The fraction of sp³-hybridized carbons (Fsp3) is 0.385. The molecule has 1 amide bonds. The van der Waals surface area contributed by atoms with E-state index in [0.717, 1.165) is 18.6 Å². The molecule has 1 fully saturated rings. The van der Waals surface area contributed by atoms with Gasteiger partial charge < -0.3 is 9.64 Å². The van der Waals surface area contributed by atoms with Crippen molar-refractivity contribution in [3.8, 4) is 11.8 Å². The first-order chi connectivity index (χ1) is 8.26. The van der Waals surface area contributed by atoms with Gasteiger partial charge in [0.15, 0.2) is 0 Å². The maximum absolute atomic E-state index is 12.1. The van der Waals surface area contributed by atoms with E-state index in [4.69, 9.17) is 10.00 Å². The molecular formula is C13H14N2O2. The molecule has 1 aromatic rings. The number of benzene rings is 1. The number of rotatable bonds is 2. The highest BCUT2D eigenvalue weighted by atomic mass is 16.5. The van der Waals surface area contributed by atoms with Crippen LogP contribution in [0.4, 0.5) is 0 Å². The zero-order valence-corrected chi connectivity index (χ0v) is 9.72. The van der Waals surface area contributed by atoms with Gasteiger partial charge in [-0.05, 0) is 37.1 Å². The Bertz CT molecular complexity index is 447. The predicted octanol–water partition coefficient (Wildman–Crippen LogP) is 1.82. The van der Waals surface area contributed by atoms with E-state index in [9.17, 15) is 4.79 Å². The number of carbonyl (C=O) groups is 1. The van der Waals surface area contributed by atoms with Crippen molar-refractivity contribution >= 4 is 5.91 Å². The molecule has 2 rings (SSSR count). The molecule has 1 aromatic carbocycles. The standard InChI is InChI=1S/C13H14N2O2/c1-17-12-6-4-10(5-7-12)13(16)15-8-2-3-11(15)9-14/h4-7,11H,2-3,8H2,1H3. The van der Waals surface area contributed by atoms with Crippen LogP contribution in [0.5, 0.6) is 5.75 Å². The Morgan fingerprint density at radius 1 is 1.47 bits per heavy atom. The number of amides is 1. The Balaban J connectivity index is 2.16. The van der Waals surface area contributed by atoms with Gasteiger partial charge >= 0.3 is 0 Å². The second-order valence-corrected chi connectivity index (χ2v) is 4.01. The van der Waals surface area contributed by atoms with E-state index in [0.29, 0.717) is 12.1 Å². The lowest BCUT2D eigenvalue weighted by molar-refractivity contribution is 0.0765. The lowest BCUT2D eigenvalue weighted by atomic mass is 10.1. The monoisotopic (exact) mass is 230 g/mol. The zero-order chi connectivity index (χ0) is 12.3. The van der Waals surface area contributed by atoms with Gasteiger partial charge in [0.05, 0.1) is 13.2 Å². The van der Waals surface area contributed by atoms with Gasteiger partial charge in [0.25, 0.3) is 5.91 Å². The van der Waals surface area contributed by atoms with Crippen LogP contribution in [0.15, 0.2) is 24.3 Å². The molecule has 0 aromatic heterocycles. The fourth-order valence-corrected chi connectivity index (χ4v) is 2.04. The Morgan fingerprint density at radius 2 is 2.18 bits per heavy atom. The van der Waals surface area contributed by atoms with Gasteiger partial charge in [0.1, 0.15) is 11.8 Å². The summed E-state index contributed by atoms with van der Waals surface area (Å²) >= 11 is 0. The van der Waals surface area contributed by atoms with E-state index in [1.807, 2.05) is 0 Å². The minimum absolute atomic E-state index is 0.0725. The third-order valence-corrected chi connectivity index (χ3v) is 3.00. The van der Waals surface area contributed by atoms with Crippen molar-refractivity contribution in [3.05, 3.63) is 29.8 Å². The second kappa shape index (κ2) is 4.88. The van der Waals surface area contributed by atoms with E-state index < -0.39 is 0 Å². The molecule has 0 saturated carbocycles. The van der Waals surface area contributed by atoms with E-state index in [2.05, 4.69) is 6.07 Å². The molecule has 0 aliphatic carbocycles. The molecule has 0 spiro atoms. The Labute approximate surface area is 100 Å². The normalized spacial score (nSPS) is 18.8. The molecular weight excluding hydrogens is 216 g/mol. The van der Waals surface area contributed by atoms with Crippen molar-refractivity contribution in [2.24, 2.45) is 0 Å². The summed E-state index contributed by atoms with van der Waals surface area (Å²) < 4.78 is 5.04. The van der Waals surface area contributed by atoms with Gasteiger partial charge in [0, 0.05) is 12.1 Å². The van der Waals surface area contributed by atoms with Crippen LogP contribution in [0.3, 0.4) is 0 Å². The zero-order valence-electron chi connectivity index (χ0n) is 9.72. The van der Waals surface area contributed by atoms with Crippen LogP contribution >= 0.6 is 0 Å². The Kier molecular flexibility index (Phi) is 3.29. The smallest absolute Gasteiger partial charge is 0.254 e. The van der Waals surface area contributed by atoms with E-state index >= 15 is 0 Å². The predicted molar refractivity (Wildman–Crippen MR) is 62.7 cm³/mol. The van der Waals surface area contributed by atoms with Crippen LogP contribution < -0.4 is 4.74 Å². The van der Waals surface area contributed by atoms with Gasteiger partial charge in [0.2, 0.25) is 0 Å². The number of nitrogens with zero attached hydrogens (tertiary/aromatic N) is 2. The lowest BCUT2D eigenvalue weighted by Gasteiger charge is -2.19. The molecule has 1 aliphatic rings. The second-order valence-electron chi connectivity index (χ2n) is 4.01. The van der Waals surface area contributed by atoms with E-state index in [1.54, 1.807) is 36.3 Å². The molecule has 4 heteroatoms. The van der Waals surface area contributed by atoms with Crippen LogP contribution in [0.1, 0.15) is 23.2 Å². The highest BCUT2D eigenvalue weighted by Crippen LogP contribution is 2.20. The number of nitriles is 1. The van der Waals surface area contributed by atoms with Gasteiger partial charge in [-0.25, -0.2) is 0 Å². The third-order valence-electron chi connectivity index (χ3n) is 3.00. The summed E-state index contributed by atoms with van der Waals surface area (Å²) in [7, 11) is 1.59. The summed E-state index contributed by atoms with van der Waals surface area (Å²) in [6.07, 6.45) is 1.68. The van der Waals surface area contributed by atoms with Crippen molar-refractivity contribution in [3.63, 3.8) is 0 Å². The quantitative estimate of drug-likeness (QED) is 0.778. The number of hydrogen-bond donors (Lipinski definition) is 0. The minimum Gasteiger partial charge on any atom is -0.497 e. The van der Waals surface area contributed by atoms with Gasteiger partial charge in [-0.1, -0.05) is 0 Å². The average molecular weight is 230 g/mol. The lowest BCUT2D eigenvalue weighted by Crippen LogP contribution is -2.34. The van der Waals surface area contributed by atoms with Gasteiger partial charge in [-0.2, -0.15) is 5.26 Å². The molecule has 88 valence electrons. The van der Waals surface area contributed by atoms with Crippen LogP contribution in [0, 0.1) is 11.3 Å². The van der Waals surface area contributed by atoms with Crippen LogP contribution in [0.2, 0.25) is 0 Å². The third kappa shape index (κ3) is 2.23. The minimum atomic E-state index is -0.274. The summed E-state index contributed by atoms with van der Waals surface area (Å²) in [5.41, 5.74) is 0.605. The molecule has 1 heterocycles. The van der Waals surface area contributed by atoms with Crippen molar-refractivity contribution in [1.29, 1.82) is 5.26 Å². The highest BCUT2D eigenvalue weighted by Gasteiger charge is 2.29. The summed E-state index contributed by atoms with van der Waals surface area (Å²) in [5.74, 6) is 0.650. The van der Waals surface area contributed by atoms with Crippen molar-refractivity contribution in [2.75, 3.05) is 13.7 Å². The SMILES string of the molecule is COc1ccc(C(=O)N2CCCC2C#N)cc1. The van der Waals surface area contributed by atoms with Crippen LogP contribution in [-0.2, 0) is 0 Å². The molecule has 1 atom stereocenters.